The molecule has 0 radical (unpaired) electrons. The molecule has 1 aromatic carbocycles. The number of halogens is 1. The predicted octanol–water partition coefficient (Wildman–Crippen LogP) is 2.46. The van der Waals surface area contributed by atoms with Crippen molar-refractivity contribution in [1.29, 1.82) is 0 Å². The Morgan fingerprint density at radius 2 is 2.18 bits per heavy atom. The molecule has 1 aliphatic rings. The highest BCUT2D eigenvalue weighted by molar-refractivity contribution is 5.75. The third kappa shape index (κ3) is 2.75. The van der Waals surface area contributed by atoms with Gasteiger partial charge in [0.1, 0.15) is 11.6 Å². The molecule has 0 amide bonds. The van der Waals surface area contributed by atoms with Gasteiger partial charge in [-0.1, -0.05) is 6.07 Å². The molecule has 4 heteroatoms. The van der Waals surface area contributed by atoms with Gasteiger partial charge in [-0.15, -0.1) is 0 Å². The van der Waals surface area contributed by atoms with Gasteiger partial charge in [-0.3, -0.25) is 0 Å². The summed E-state index contributed by atoms with van der Waals surface area (Å²) in [6.07, 6.45) is 1.29. The Bertz CT molecular complexity index is 427. The maximum Gasteiger partial charge on any atom is 0.347 e. The lowest BCUT2D eigenvalue weighted by Crippen LogP contribution is -2.30. The van der Waals surface area contributed by atoms with Crippen LogP contribution in [0.15, 0.2) is 18.2 Å². The average molecular weight is 238 g/mol. The highest BCUT2D eigenvalue weighted by Gasteiger charge is 2.39. The van der Waals surface area contributed by atoms with Gasteiger partial charge in [0.05, 0.1) is 7.11 Å². The number of esters is 1. The topological polar surface area (TPSA) is 35.5 Å². The monoisotopic (exact) mass is 238 g/mol. The number of hydrogen-bond acceptors (Lipinski definition) is 3. The van der Waals surface area contributed by atoms with Crippen LogP contribution in [0, 0.1) is 18.7 Å². The molecule has 0 heterocycles. The van der Waals surface area contributed by atoms with E-state index in [0.29, 0.717) is 5.75 Å². The molecule has 17 heavy (non-hydrogen) atoms. The zero-order valence-electron chi connectivity index (χ0n) is 9.90. The van der Waals surface area contributed by atoms with Gasteiger partial charge >= 0.3 is 5.97 Å². The summed E-state index contributed by atoms with van der Waals surface area (Å²) in [6, 6.07) is 4.30. The first-order valence-electron chi connectivity index (χ1n) is 5.62. The van der Waals surface area contributed by atoms with E-state index in [4.69, 9.17) is 9.47 Å². The van der Waals surface area contributed by atoms with Crippen molar-refractivity contribution < 1.29 is 18.7 Å². The van der Waals surface area contributed by atoms with Crippen molar-refractivity contribution in [2.75, 3.05) is 7.11 Å². The fraction of sp³-hybridized carbons (Fsp3) is 0.462. The molecule has 92 valence electrons. The lowest BCUT2D eigenvalue weighted by molar-refractivity contribution is -0.149. The molecule has 0 saturated heterocycles. The molecule has 1 aliphatic carbocycles. The van der Waals surface area contributed by atoms with Gasteiger partial charge in [-0.25, -0.2) is 9.18 Å². The molecule has 0 spiro atoms. The highest BCUT2D eigenvalue weighted by Crippen LogP contribution is 2.36. The predicted molar refractivity (Wildman–Crippen MR) is 60.3 cm³/mol. The molecule has 1 aromatic rings. The second-order valence-electron chi connectivity index (χ2n) is 4.31. The Labute approximate surface area is 99.5 Å². The third-order valence-electron chi connectivity index (χ3n) is 2.89. The standard InChI is InChI=1S/C13H15FO3/c1-8-3-6-10(14)7-11(8)17-12(9-4-5-9)13(15)16-2/h3,6-7,9,12H,4-5H2,1-2H3. The molecule has 0 aromatic heterocycles. The van der Waals surface area contributed by atoms with Crippen LogP contribution in [0.5, 0.6) is 5.75 Å². The number of hydrogen-bond donors (Lipinski definition) is 0. The third-order valence-corrected chi connectivity index (χ3v) is 2.89. The molecule has 3 nitrogen and oxygen atoms in total. The van der Waals surface area contributed by atoms with Crippen LogP contribution in [-0.2, 0) is 9.53 Å². The molecular formula is C13H15FO3. The number of methoxy groups -OCH3 is 1. The maximum atomic E-state index is 13.1. The Kier molecular flexibility index (Phi) is 3.31. The molecule has 1 saturated carbocycles. The van der Waals surface area contributed by atoms with Gasteiger partial charge in [0.15, 0.2) is 6.10 Å². The van der Waals surface area contributed by atoms with E-state index in [1.807, 2.05) is 6.92 Å². The van der Waals surface area contributed by atoms with Crippen molar-refractivity contribution >= 4 is 5.97 Å². The van der Waals surface area contributed by atoms with Crippen LogP contribution in [0.1, 0.15) is 18.4 Å². The van der Waals surface area contributed by atoms with Crippen LogP contribution in [0.2, 0.25) is 0 Å². The van der Waals surface area contributed by atoms with Crippen molar-refractivity contribution in [3.05, 3.63) is 29.6 Å². The number of rotatable bonds is 4. The van der Waals surface area contributed by atoms with E-state index < -0.39 is 12.1 Å². The SMILES string of the molecule is COC(=O)C(Oc1cc(F)ccc1C)C1CC1. The van der Waals surface area contributed by atoms with E-state index in [9.17, 15) is 9.18 Å². The van der Waals surface area contributed by atoms with E-state index in [-0.39, 0.29) is 11.7 Å². The molecule has 0 bridgehead atoms. The smallest absolute Gasteiger partial charge is 0.347 e. The highest BCUT2D eigenvalue weighted by atomic mass is 19.1. The van der Waals surface area contributed by atoms with Crippen molar-refractivity contribution in [2.45, 2.75) is 25.9 Å². The van der Waals surface area contributed by atoms with Gasteiger partial charge in [0, 0.05) is 12.0 Å². The maximum absolute atomic E-state index is 13.1. The summed E-state index contributed by atoms with van der Waals surface area (Å²) in [5.41, 5.74) is 0.806. The molecule has 1 unspecified atom stereocenters. The molecule has 0 aliphatic heterocycles. The average Bonchev–Trinajstić information content (AvgIpc) is 3.13. The molecular weight excluding hydrogens is 223 g/mol. The lowest BCUT2D eigenvalue weighted by Gasteiger charge is -2.17. The molecule has 2 rings (SSSR count). The van der Waals surface area contributed by atoms with Gasteiger partial charge < -0.3 is 9.47 Å². The number of ether oxygens (including phenoxy) is 2. The minimum Gasteiger partial charge on any atom is -0.478 e. The summed E-state index contributed by atoms with van der Waals surface area (Å²) < 4.78 is 23.4. The Morgan fingerprint density at radius 3 is 2.76 bits per heavy atom. The van der Waals surface area contributed by atoms with Crippen molar-refractivity contribution in [1.82, 2.24) is 0 Å². The molecule has 1 atom stereocenters. The van der Waals surface area contributed by atoms with Crippen LogP contribution in [0.3, 0.4) is 0 Å². The summed E-state index contributed by atoms with van der Waals surface area (Å²) in [5, 5.41) is 0. The number of carbonyl (C=O) groups excluding carboxylic acids is 1. The van der Waals surface area contributed by atoms with Crippen LogP contribution >= 0.6 is 0 Å². The Balaban J connectivity index is 2.16. The minimum absolute atomic E-state index is 0.199. The fourth-order valence-electron chi connectivity index (χ4n) is 1.69. The van der Waals surface area contributed by atoms with E-state index in [1.54, 1.807) is 6.07 Å². The van der Waals surface area contributed by atoms with E-state index in [2.05, 4.69) is 0 Å². The molecule has 1 fully saturated rings. The second kappa shape index (κ2) is 4.73. The number of benzene rings is 1. The van der Waals surface area contributed by atoms with Crippen LogP contribution < -0.4 is 4.74 Å². The quantitative estimate of drug-likeness (QED) is 0.756. The van der Waals surface area contributed by atoms with Gasteiger partial charge in [0.2, 0.25) is 0 Å². The summed E-state index contributed by atoms with van der Waals surface area (Å²) in [7, 11) is 1.33. The number of aryl methyl sites for hydroxylation is 1. The summed E-state index contributed by atoms with van der Waals surface area (Å²) in [5.74, 6) is -0.154. The first-order valence-corrected chi connectivity index (χ1v) is 5.62. The van der Waals surface area contributed by atoms with Gasteiger partial charge in [-0.05, 0) is 31.4 Å². The first kappa shape index (κ1) is 11.9. The summed E-state index contributed by atoms with van der Waals surface area (Å²) in [6.45, 7) is 1.82. The van der Waals surface area contributed by atoms with E-state index in [0.717, 1.165) is 18.4 Å². The van der Waals surface area contributed by atoms with Crippen molar-refractivity contribution in [3.63, 3.8) is 0 Å². The molecule has 0 N–H and O–H groups in total. The second-order valence-corrected chi connectivity index (χ2v) is 4.31. The zero-order valence-corrected chi connectivity index (χ0v) is 9.90. The summed E-state index contributed by atoms with van der Waals surface area (Å²) in [4.78, 5) is 11.6. The zero-order chi connectivity index (χ0) is 12.4. The minimum atomic E-state index is -0.611. The van der Waals surface area contributed by atoms with Crippen LogP contribution in [0.4, 0.5) is 4.39 Å². The van der Waals surface area contributed by atoms with Gasteiger partial charge in [-0.2, -0.15) is 0 Å². The normalized spacial score (nSPS) is 16.4. The van der Waals surface area contributed by atoms with E-state index in [1.165, 1.54) is 19.2 Å². The Morgan fingerprint density at radius 1 is 1.47 bits per heavy atom. The largest absolute Gasteiger partial charge is 0.478 e. The first-order chi connectivity index (χ1) is 8.11. The fourth-order valence-corrected chi connectivity index (χ4v) is 1.69. The van der Waals surface area contributed by atoms with E-state index >= 15 is 0 Å². The lowest BCUT2D eigenvalue weighted by atomic mass is 10.2. The van der Waals surface area contributed by atoms with Crippen molar-refractivity contribution in [3.8, 4) is 5.75 Å². The number of carbonyl (C=O) groups is 1. The van der Waals surface area contributed by atoms with Crippen LogP contribution in [-0.4, -0.2) is 19.2 Å². The Hall–Kier alpha value is -1.58. The van der Waals surface area contributed by atoms with Crippen molar-refractivity contribution in [2.24, 2.45) is 5.92 Å². The van der Waals surface area contributed by atoms with Gasteiger partial charge in [0.25, 0.3) is 0 Å². The van der Waals surface area contributed by atoms with Crippen LogP contribution in [0.25, 0.3) is 0 Å². The summed E-state index contributed by atoms with van der Waals surface area (Å²) >= 11 is 0.